The Kier molecular flexibility index (Phi) is 5.77. The Labute approximate surface area is 186 Å². The van der Waals surface area contributed by atoms with E-state index in [-0.39, 0.29) is 29.9 Å². The van der Waals surface area contributed by atoms with Gasteiger partial charge in [0, 0.05) is 0 Å². The Morgan fingerprint density at radius 2 is 1.56 bits per heavy atom. The Hall–Kier alpha value is -3.93. The summed E-state index contributed by atoms with van der Waals surface area (Å²) in [4.78, 5) is 39.6. The SMILES string of the molecule is Cc1ccc(C)c(N2C(=O)c3ccc(C(=O)OCCOc4ccccc4C)cc3C2=O)c1. The molecule has 32 heavy (non-hydrogen) atoms. The van der Waals surface area contributed by atoms with E-state index in [0.717, 1.165) is 27.3 Å². The van der Waals surface area contributed by atoms with Gasteiger partial charge >= 0.3 is 5.97 Å². The highest BCUT2D eigenvalue weighted by Gasteiger charge is 2.38. The number of hydrogen-bond donors (Lipinski definition) is 0. The predicted molar refractivity (Wildman–Crippen MR) is 120 cm³/mol. The van der Waals surface area contributed by atoms with Crippen molar-refractivity contribution in [2.45, 2.75) is 20.8 Å². The van der Waals surface area contributed by atoms with Gasteiger partial charge in [0.1, 0.15) is 19.0 Å². The second-order valence-electron chi connectivity index (χ2n) is 7.75. The number of imide groups is 1. The molecule has 0 N–H and O–H groups in total. The van der Waals surface area contributed by atoms with E-state index in [1.165, 1.54) is 18.2 Å². The highest BCUT2D eigenvalue weighted by atomic mass is 16.6. The van der Waals surface area contributed by atoms with E-state index < -0.39 is 17.8 Å². The number of hydrogen-bond acceptors (Lipinski definition) is 5. The molecule has 0 unspecified atom stereocenters. The smallest absolute Gasteiger partial charge is 0.338 e. The molecular weight excluding hydrogens is 406 g/mol. The Morgan fingerprint density at radius 1 is 0.812 bits per heavy atom. The molecule has 0 spiro atoms. The Balaban J connectivity index is 1.45. The fourth-order valence-electron chi connectivity index (χ4n) is 3.63. The normalized spacial score (nSPS) is 12.7. The van der Waals surface area contributed by atoms with Gasteiger partial charge in [-0.2, -0.15) is 0 Å². The van der Waals surface area contributed by atoms with Crippen molar-refractivity contribution >= 4 is 23.5 Å². The zero-order chi connectivity index (χ0) is 22.8. The molecule has 1 heterocycles. The third-order valence-electron chi connectivity index (χ3n) is 5.40. The molecule has 2 amide bonds. The molecule has 6 nitrogen and oxygen atoms in total. The van der Waals surface area contributed by atoms with Crippen molar-refractivity contribution in [3.63, 3.8) is 0 Å². The number of ether oxygens (including phenoxy) is 2. The van der Waals surface area contributed by atoms with Crippen molar-refractivity contribution < 1.29 is 23.9 Å². The van der Waals surface area contributed by atoms with Gasteiger partial charge in [0.05, 0.1) is 22.4 Å². The lowest BCUT2D eigenvalue weighted by molar-refractivity contribution is 0.0450. The van der Waals surface area contributed by atoms with Crippen LogP contribution in [0.25, 0.3) is 0 Å². The molecule has 162 valence electrons. The van der Waals surface area contributed by atoms with Gasteiger partial charge < -0.3 is 9.47 Å². The van der Waals surface area contributed by atoms with Crippen LogP contribution in [-0.4, -0.2) is 31.0 Å². The molecule has 3 aromatic carbocycles. The van der Waals surface area contributed by atoms with E-state index in [0.29, 0.717) is 5.69 Å². The summed E-state index contributed by atoms with van der Waals surface area (Å²) >= 11 is 0. The molecule has 0 saturated heterocycles. The zero-order valence-corrected chi connectivity index (χ0v) is 18.2. The first kappa shape index (κ1) is 21.3. The summed E-state index contributed by atoms with van der Waals surface area (Å²) in [5.74, 6) is -0.690. The van der Waals surface area contributed by atoms with Crippen LogP contribution in [-0.2, 0) is 4.74 Å². The third-order valence-corrected chi connectivity index (χ3v) is 5.40. The molecule has 6 heteroatoms. The fraction of sp³-hybridized carbons (Fsp3) is 0.192. The first-order valence-electron chi connectivity index (χ1n) is 10.3. The molecule has 1 aliphatic rings. The molecule has 0 saturated carbocycles. The molecular formula is C26H23NO5. The number of carbonyl (C=O) groups excluding carboxylic acids is 3. The lowest BCUT2D eigenvalue weighted by Gasteiger charge is -2.17. The van der Waals surface area contributed by atoms with Crippen molar-refractivity contribution in [2.75, 3.05) is 18.1 Å². The fourth-order valence-corrected chi connectivity index (χ4v) is 3.63. The van der Waals surface area contributed by atoms with E-state index in [2.05, 4.69) is 0 Å². The molecule has 0 atom stereocenters. The van der Waals surface area contributed by atoms with Crippen molar-refractivity contribution in [2.24, 2.45) is 0 Å². The van der Waals surface area contributed by atoms with E-state index in [4.69, 9.17) is 9.47 Å². The van der Waals surface area contributed by atoms with Gasteiger partial charge in [-0.3, -0.25) is 9.59 Å². The first-order chi connectivity index (χ1) is 15.4. The molecule has 0 aromatic heterocycles. The lowest BCUT2D eigenvalue weighted by Crippen LogP contribution is -2.30. The van der Waals surface area contributed by atoms with Crippen LogP contribution in [0, 0.1) is 20.8 Å². The lowest BCUT2D eigenvalue weighted by atomic mass is 10.1. The molecule has 1 aliphatic heterocycles. The Bertz CT molecular complexity index is 1230. The number of fused-ring (bicyclic) bond motifs is 1. The molecule has 0 fully saturated rings. The summed E-state index contributed by atoms with van der Waals surface area (Å²) in [6.45, 7) is 5.95. The minimum absolute atomic E-state index is 0.0613. The summed E-state index contributed by atoms with van der Waals surface area (Å²) in [5, 5.41) is 0. The molecule has 3 aromatic rings. The van der Waals surface area contributed by atoms with Crippen LogP contribution in [0.4, 0.5) is 5.69 Å². The molecule has 0 radical (unpaired) electrons. The summed E-state index contributed by atoms with van der Waals surface area (Å²) in [6.07, 6.45) is 0. The average Bonchev–Trinajstić information content (AvgIpc) is 3.03. The van der Waals surface area contributed by atoms with Gasteiger partial charge in [0.15, 0.2) is 0 Å². The monoisotopic (exact) mass is 429 g/mol. The topological polar surface area (TPSA) is 72.9 Å². The van der Waals surface area contributed by atoms with Gasteiger partial charge in [-0.05, 0) is 67.8 Å². The van der Waals surface area contributed by atoms with Gasteiger partial charge in [-0.15, -0.1) is 0 Å². The third kappa shape index (κ3) is 3.99. The largest absolute Gasteiger partial charge is 0.490 e. The summed E-state index contributed by atoms with van der Waals surface area (Å²) in [5.41, 5.74) is 3.99. The van der Waals surface area contributed by atoms with Crippen LogP contribution in [0.5, 0.6) is 5.75 Å². The maximum atomic E-state index is 13.0. The molecule has 4 rings (SSSR count). The number of nitrogens with zero attached hydrogens (tertiary/aromatic N) is 1. The van der Waals surface area contributed by atoms with E-state index >= 15 is 0 Å². The number of benzene rings is 3. The summed E-state index contributed by atoms with van der Waals surface area (Å²) in [7, 11) is 0. The maximum Gasteiger partial charge on any atom is 0.338 e. The number of carbonyl (C=O) groups is 3. The van der Waals surface area contributed by atoms with Crippen molar-refractivity contribution in [3.05, 3.63) is 94.0 Å². The van der Waals surface area contributed by atoms with E-state index in [9.17, 15) is 14.4 Å². The standard InChI is InChI=1S/C26H23NO5/c1-16-8-9-17(2)22(14-16)27-24(28)20-11-10-19(15-21(20)25(27)29)26(30)32-13-12-31-23-7-5-4-6-18(23)3/h4-11,14-15H,12-13H2,1-3H3. The van der Waals surface area contributed by atoms with E-state index in [1.54, 1.807) is 6.07 Å². The first-order valence-corrected chi connectivity index (χ1v) is 10.3. The second-order valence-corrected chi connectivity index (χ2v) is 7.75. The van der Waals surface area contributed by atoms with Crippen LogP contribution in [0.15, 0.2) is 60.7 Å². The minimum Gasteiger partial charge on any atom is -0.490 e. The average molecular weight is 429 g/mol. The van der Waals surface area contributed by atoms with Crippen molar-refractivity contribution in [1.29, 1.82) is 0 Å². The van der Waals surface area contributed by atoms with Crippen molar-refractivity contribution in [1.82, 2.24) is 0 Å². The highest BCUT2D eigenvalue weighted by molar-refractivity contribution is 6.35. The summed E-state index contributed by atoms with van der Waals surface area (Å²) in [6, 6.07) is 17.6. The van der Waals surface area contributed by atoms with Crippen LogP contribution in [0.1, 0.15) is 47.8 Å². The number of anilines is 1. The van der Waals surface area contributed by atoms with Gasteiger partial charge in [0.25, 0.3) is 11.8 Å². The number of amides is 2. The van der Waals surface area contributed by atoms with Gasteiger partial charge in [0.2, 0.25) is 0 Å². The Morgan fingerprint density at radius 3 is 2.34 bits per heavy atom. The maximum absolute atomic E-state index is 13.0. The number of rotatable bonds is 6. The summed E-state index contributed by atoms with van der Waals surface area (Å²) < 4.78 is 10.9. The minimum atomic E-state index is -0.577. The second kappa shape index (κ2) is 8.67. The van der Waals surface area contributed by atoms with Gasteiger partial charge in [-0.1, -0.05) is 30.3 Å². The number of para-hydroxylation sites is 1. The molecule has 0 aliphatic carbocycles. The number of aryl methyl sites for hydroxylation is 3. The zero-order valence-electron chi connectivity index (χ0n) is 18.2. The number of esters is 1. The predicted octanol–water partition coefficient (Wildman–Crippen LogP) is 4.65. The van der Waals surface area contributed by atoms with Crippen molar-refractivity contribution in [3.8, 4) is 5.75 Å². The van der Waals surface area contributed by atoms with Crippen LogP contribution >= 0.6 is 0 Å². The van der Waals surface area contributed by atoms with E-state index in [1.807, 2.05) is 57.2 Å². The van der Waals surface area contributed by atoms with Crippen LogP contribution in [0.3, 0.4) is 0 Å². The van der Waals surface area contributed by atoms with Crippen LogP contribution in [0.2, 0.25) is 0 Å². The quantitative estimate of drug-likeness (QED) is 0.324. The van der Waals surface area contributed by atoms with Crippen LogP contribution < -0.4 is 9.64 Å². The molecule has 0 bridgehead atoms. The highest BCUT2D eigenvalue weighted by Crippen LogP contribution is 2.32. The van der Waals surface area contributed by atoms with Gasteiger partial charge in [-0.25, -0.2) is 9.69 Å².